The molecule has 1 fully saturated rings. The third-order valence-corrected chi connectivity index (χ3v) is 3.29. The normalized spacial score (nSPS) is 18.8. The Bertz CT molecular complexity index is 462. The van der Waals surface area contributed by atoms with Crippen LogP contribution in [0.2, 0.25) is 0 Å². The average Bonchev–Trinajstić information content (AvgIpc) is 2.69. The first-order valence-electron chi connectivity index (χ1n) is 5.88. The van der Waals surface area contributed by atoms with Crippen LogP contribution in [-0.4, -0.2) is 25.7 Å². The number of esters is 1. The Balaban J connectivity index is 2.27. The van der Waals surface area contributed by atoms with Gasteiger partial charge in [-0.3, -0.25) is 0 Å². The summed E-state index contributed by atoms with van der Waals surface area (Å²) >= 11 is 3.47. The van der Waals surface area contributed by atoms with Crippen LogP contribution in [0.15, 0.2) is 16.6 Å². The molecule has 0 spiro atoms. The van der Waals surface area contributed by atoms with Gasteiger partial charge in [0, 0.05) is 23.0 Å². The molecule has 98 valence electrons. The quantitative estimate of drug-likeness (QED) is 0.865. The Labute approximate surface area is 115 Å². The lowest BCUT2D eigenvalue weighted by molar-refractivity contribution is -0.143. The number of rotatable bonds is 4. The number of benzene rings is 1. The van der Waals surface area contributed by atoms with Crippen molar-refractivity contribution in [2.45, 2.75) is 26.0 Å². The maximum atomic E-state index is 11.5. The number of carbonyl (C=O) groups is 1. The lowest BCUT2D eigenvalue weighted by Crippen LogP contribution is -2.23. The van der Waals surface area contributed by atoms with Gasteiger partial charge in [-0.1, -0.05) is 15.9 Å². The summed E-state index contributed by atoms with van der Waals surface area (Å²) in [5.41, 5.74) is 2.04. The molecule has 1 saturated heterocycles. The van der Waals surface area contributed by atoms with Crippen LogP contribution in [0.3, 0.4) is 0 Å². The maximum absolute atomic E-state index is 11.5. The van der Waals surface area contributed by atoms with Crippen molar-refractivity contribution in [2.24, 2.45) is 0 Å². The first-order chi connectivity index (χ1) is 8.61. The molecule has 0 radical (unpaired) electrons. The number of cyclic esters (lactones) is 1. The van der Waals surface area contributed by atoms with Gasteiger partial charge < -0.3 is 14.8 Å². The van der Waals surface area contributed by atoms with Gasteiger partial charge in [0.1, 0.15) is 5.75 Å². The zero-order chi connectivity index (χ0) is 13.1. The Kier molecular flexibility index (Phi) is 4.24. The number of hydrogen-bond acceptors (Lipinski definition) is 4. The van der Waals surface area contributed by atoms with Gasteiger partial charge in [-0.25, -0.2) is 4.79 Å². The van der Waals surface area contributed by atoms with E-state index in [1.165, 1.54) is 0 Å². The van der Waals surface area contributed by atoms with Crippen molar-refractivity contribution in [3.05, 3.63) is 27.7 Å². The Hall–Kier alpha value is -1.07. The zero-order valence-electron chi connectivity index (χ0n) is 10.5. The number of halogens is 1. The molecular formula is C13H16BrNO3. The molecule has 1 atom stereocenters. The standard InChI is InChI=1S/C13H16BrNO3/c1-8-5-10(14)6-9(7-15-2)12(8)18-11-3-4-17-13(11)16/h5-6,11,15H,3-4,7H2,1-2H3. The highest BCUT2D eigenvalue weighted by Crippen LogP contribution is 2.30. The maximum Gasteiger partial charge on any atom is 0.347 e. The topological polar surface area (TPSA) is 47.6 Å². The number of carbonyl (C=O) groups excluding carboxylic acids is 1. The lowest BCUT2D eigenvalue weighted by atomic mass is 10.1. The molecule has 1 aliphatic heterocycles. The van der Waals surface area contributed by atoms with Crippen molar-refractivity contribution < 1.29 is 14.3 Å². The highest BCUT2D eigenvalue weighted by Gasteiger charge is 2.29. The fraction of sp³-hybridized carbons (Fsp3) is 0.462. The molecule has 4 nitrogen and oxygen atoms in total. The highest BCUT2D eigenvalue weighted by atomic mass is 79.9. The van der Waals surface area contributed by atoms with Crippen LogP contribution < -0.4 is 10.1 Å². The lowest BCUT2D eigenvalue weighted by Gasteiger charge is -2.17. The molecule has 0 amide bonds. The van der Waals surface area contributed by atoms with Crippen LogP contribution in [-0.2, 0) is 16.1 Å². The molecule has 0 bridgehead atoms. The van der Waals surface area contributed by atoms with Crippen LogP contribution in [0, 0.1) is 6.92 Å². The van der Waals surface area contributed by atoms with E-state index in [9.17, 15) is 4.79 Å². The van der Waals surface area contributed by atoms with Gasteiger partial charge in [0.25, 0.3) is 0 Å². The van der Waals surface area contributed by atoms with Crippen molar-refractivity contribution in [2.75, 3.05) is 13.7 Å². The largest absolute Gasteiger partial charge is 0.478 e. The smallest absolute Gasteiger partial charge is 0.347 e. The van der Waals surface area contributed by atoms with Crippen LogP contribution in [0.1, 0.15) is 17.5 Å². The van der Waals surface area contributed by atoms with E-state index in [0.29, 0.717) is 19.6 Å². The zero-order valence-corrected chi connectivity index (χ0v) is 12.0. The molecule has 1 aromatic rings. The Morgan fingerprint density at radius 3 is 2.94 bits per heavy atom. The van der Waals surface area contributed by atoms with E-state index in [4.69, 9.17) is 9.47 Å². The summed E-state index contributed by atoms with van der Waals surface area (Å²) in [7, 11) is 1.88. The number of nitrogens with one attached hydrogen (secondary N) is 1. The Morgan fingerprint density at radius 2 is 2.33 bits per heavy atom. The fourth-order valence-corrected chi connectivity index (χ4v) is 2.64. The van der Waals surface area contributed by atoms with E-state index < -0.39 is 6.10 Å². The van der Waals surface area contributed by atoms with E-state index in [1.54, 1.807) is 0 Å². The minimum atomic E-state index is -0.472. The van der Waals surface area contributed by atoms with Gasteiger partial charge in [0.15, 0.2) is 6.10 Å². The summed E-state index contributed by atoms with van der Waals surface area (Å²) < 4.78 is 11.7. The third-order valence-electron chi connectivity index (χ3n) is 2.83. The predicted octanol–water partition coefficient (Wildman–Crippen LogP) is 2.17. The third kappa shape index (κ3) is 2.84. The van der Waals surface area contributed by atoms with Gasteiger partial charge in [0.2, 0.25) is 0 Å². The number of ether oxygens (including phenoxy) is 2. The molecule has 0 aromatic heterocycles. The molecule has 1 heterocycles. The summed E-state index contributed by atoms with van der Waals surface area (Å²) in [5, 5.41) is 3.10. The fourth-order valence-electron chi connectivity index (χ4n) is 2.02. The first-order valence-corrected chi connectivity index (χ1v) is 6.68. The van der Waals surface area contributed by atoms with E-state index in [-0.39, 0.29) is 5.97 Å². The molecule has 0 aliphatic carbocycles. The van der Waals surface area contributed by atoms with Crippen LogP contribution in [0.4, 0.5) is 0 Å². The van der Waals surface area contributed by atoms with Gasteiger partial charge in [-0.05, 0) is 31.7 Å². The van der Waals surface area contributed by atoms with Crippen molar-refractivity contribution in [1.82, 2.24) is 5.32 Å². The molecular weight excluding hydrogens is 298 g/mol. The van der Waals surface area contributed by atoms with Crippen molar-refractivity contribution >= 4 is 21.9 Å². The Morgan fingerprint density at radius 1 is 1.56 bits per heavy atom. The van der Waals surface area contributed by atoms with Gasteiger partial charge in [0.05, 0.1) is 6.61 Å². The predicted molar refractivity (Wildman–Crippen MR) is 71.6 cm³/mol. The summed E-state index contributed by atoms with van der Waals surface area (Å²) in [6, 6.07) is 3.98. The number of hydrogen-bond donors (Lipinski definition) is 1. The van der Waals surface area contributed by atoms with E-state index in [1.807, 2.05) is 26.1 Å². The van der Waals surface area contributed by atoms with Gasteiger partial charge >= 0.3 is 5.97 Å². The molecule has 1 N–H and O–H groups in total. The SMILES string of the molecule is CNCc1cc(Br)cc(C)c1OC1CCOC1=O. The van der Waals surface area contributed by atoms with Crippen LogP contribution in [0.5, 0.6) is 5.75 Å². The van der Waals surface area contributed by atoms with Crippen LogP contribution in [0.25, 0.3) is 0 Å². The van der Waals surface area contributed by atoms with Crippen LogP contribution >= 0.6 is 15.9 Å². The molecule has 1 aromatic carbocycles. The number of aryl methyl sites for hydroxylation is 1. The second kappa shape index (κ2) is 5.71. The van der Waals surface area contributed by atoms with Gasteiger partial charge in [-0.2, -0.15) is 0 Å². The molecule has 18 heavy (non-hydrogen) atoms. The first kappa shape index (κ1) is 13.4. The van der Waals surface area contributed by atoms with Gasteiger partial charge in [-0.15, -0.1) is 0 Å². The molecule has 0 saturated carbocycles. The summed E-state index contributed by atoms with van der Waals surface area (Å²) in [4.78, 5) is 11.5. The average molecular weight is 314 g/mol. The van der Waals surface area contributed by atoms with Crippen molar-refractivity contribution in [1.29, 1.82) is 0 Å². The molecule has 1 aliphatic rings. The summed E-state index contributed by atoms with van der Waals surface area (Å²) in [6.07, 6.45) is 0.147. The monoisotopic (exact) mass is 313 g/mol. The minimum absolute atomic E-state index is 0.271. The molecule has 5 heteroatoms. The summed E-state index contributed by atoms with van der Waals surface area (Å²) in [5.74, 6) is 0.504. The minimum Gasteiger partial charge on any atom is -0.478 e. The molecule has 1 unspecified atom stereocenters. The van der Waals surface area contributed by atoms with Crippen molar-refractivity contribution in [3.63, 3.8) is 0 Å². The highest BCUT2D eigenvalue weighted by molar-refractivity contribution is 9.10. The second-order valence-electron chi connectivity index (χ2n) is 4.30. The van der Waals surface area contributed by atoms with E-state index in [2.05, 4.69) is 21.2 Å². The summed E-state index contributed by atoms with van der Waals surface area (Å²) in [6.45, 7) is 3.11. The molecule has 2 rings (SSSR count). The van der Waals surface area contributed by atoms with E-state index >= 15 is 0 Å². The second-order valence-corrected chi connectivity index (χ2v) is 5.22. The van der Waals surface area contributed by atoms with Crippen molar-refractivity contribution in [3.8, 4) is 5.75 Å². The van der Waals surface area contributed by atoms with E-state index in [0.717, 1.165) is 21.3 Å².